The van der Waals surface area contributed by atoms with Crippen molar-refractivity contribution in [3.05, 3.63) is 69.8 Å². The molecule has 1 atom stereocenters. The van der Waals surface area contributed by atoms with Gasteiger partial charge in [-0.2, -0.15) is 0 Å². The Kier molecular flexibility index (Phi) is 3.74. The first kappa shape index (κ1) is 14.1. The highest BCUT2D eigenvalue weighted by atomic mass is 16.6. The minimum absolute atomic E-state index is 0.0662. The number of nitrogens with one attached hydrogen (secondary N) is 1. The van der Waals surface area contributed by atoms with Crippen LogP contribution in [0.5, 0.6) is 5.75 Å². The molecule has 1 N–H and O–H groups in total. The summed E-state index contributed by atoms with van der Waals surface area (Å²) in [4.78, 5) is 22.9. The number of carbonyl (C=O) groups is 1. The number of benzene rings is 2. The van der Waals surface area contributed by atoms with Gasteiger partial charge in [0.15, 0.2) is 0 Å². The maximum absolute atomic E-state index is 12.4. The van der Waals surface area contributed by atoms with E-state index in [1.54, 1.807) is 12.1 Å². The second kappa shape index (κ2) is 5.85. The molecule has 0 aliphatic carbocycles. The summed E-state index contributed by atoms with van der Waals surface area (Å²) in [6.45, 7) is 0.499. The molecule has 0 aromatic heterocycles. The molecule has 112 valence electrons. The van der Waals surface area contributed by atoms with E-state index in [0.717, 1.165) is 11.3 Å². The predicted octanol–water partition coefficient (Wildman–Crippen LogP) is 2.85. The summed E-state index contributed by atoms with van der Waals surface area (Å²) in [5, 5.41) is 13.9. The molecule has 2 aromatic rings. The second-order valence-electron chi connectivity index (χ2n) is 4.98. The topological polar surface area (TPSA) is 81.5 Å². The number of fused-ring (bicyclic) bond motifs is 1. The standard InChI is InChI=1S/C16H14N2O4/c19-16(12-6-1-3-7-14(12)18(20)21)17-13-9-10-22-15-8-4-2-5-11(13)15/h1-8,13H,9-10H2,(H,17,19)/t13-/m1/s1. The zero-order valence-corrected chi connectivity index (χ0v) is 11.7. The SMILES string of the molecule is O=C(N[C@@H]1CCOc2ccccc21)c1ccccc1[N+](=O)[O-]. The first-order chi connectivity index (χ1) is 10.7. The lowest BCUT2D eigenvalue weighted by Crippen LogP contribution is -2.32. The van der Waals surface area contributed by atoms with Crippen LogP contribution in [0.25, 0.3) is 0 Å². The lowest BCUT2D eigenvalue weighted by molar-refractivity contribution is -0.385. The summed E-state index contributed by atoms with van der Waals surface area (Å²) >= 11 is 0. The van der Waals surface area contributed by atoms with Gasteiger partial charge < -0.3 is 10.1 Å². The molecule has 0 saturated heterocycles. The largest absolute Gasteiger partial charge is 0.493 e. The van der Waals surface area contributed by atoms with E-state index in [2.05, 4.69) is 5.32 Å². The van der Waals surface area contributed by atoms with E-state index in [0.29, 0.717) is 13.0 Å². The van der Waals surface area contributed by atoms with Gasteiger partial charge >= 0.3 is 0 Å². The highest BCUT2D eigenvalue weighted by Crippen LogP contribution is 2.32. The third-order valence-corrected chi connectivity index (χ3v) is 3.61. The van der Waals surface area contributed by atoms with Gasteiger partial charge in [-0.15, -0.1) is 0 Å². The number of nitro groups is 1. The summed E-state index contributed by atoms with van der Waals surface area (Å²) in [5.74, 6) is 0.288. The van der Waals surface area contributed by atoms with Crippen LogP contribution in [0.15, 0.2) is 48.5 Å². The molecule has 6 nitrogen and oxygen atoms in total. The van der Waals surface area contributed by atoms with Gasteiger partial charge in [-0.3, -0.25) is 14.9 Å². The normalized spacial score (nSPS) is 16.3. The fraction of sp³-hybridized carbons (Fsp3) is 0.188. The van der Waals surface area contributed by atoms with E-state index in [4.69, 9.17) is 4.74 Å². The molecule has 0 saturated carbocycles. The highest BCUT2D eigenvalue weighted by Gasteiger charge is 2.26. The van der Waals surface area contributed by atoms with Crippen LogP contribution in [0, 0.1) is 10.1 Å². The van der Waals surface area contributed by atoms with Gasteiger partial charge in [-0.1, -0.05) is 30.3 Å². The molecular formula is C16H14N2O4. The van der Waals surface area contributed by atoms with Crippen LogP contribution >= 0.6 is 0 Å². The van der Waals surface area contributed by atoms with E-state index >= 15 is 0 Å². The first-order valence-electron chi connectivity index (χ1n) is 6.93. The van der Waals surface area contributed by atoms with Crippen molar-refractivity contribution in [1.82, 2.24) is 5.32 Å². The zero-order chi connectivity index (χ0) is 15.5. The molecule has 1 heterocycles. The van der Waals surface area contributed by atoms with Crippen LogP contribution in [0.4, 0.5) is 5.69 Å². The van der Waals surface area contributed by atoms with Crippen LogP contribution in [0.2, 0.25) is 0 Å². The van der Waals surface area contributed by atoms with E-state index in [1.807, 2.05) is 24.3 Å². The van der Waals surface area contributed by atoms with Crippen LogP contribution in [0.1, 0.15) is 28.4 Å². The molecule has 0 fully saturated rings. The fourth-order valence-electron chi connectivity index (χ4n) is 2.55. The van der Waals surface area contributed by atoms with Gasteiger partial charge in [0.1, 0.15) is 11.3 Å². The monoisotopic (exact) mass is 298 g/mol. The van der Waals surface area contributed by atoms with Crippen LogP contribution in [-0.4, -0.2) is 17.4 Å². The van der Waals surface area contributed by atoms with Crippen molar-refractivity contribution in [1.29, 1.82) is 0 Å². The number of hydrogen-bond donors (Lipinski definition) is 1. The van der Waals surface area contributed by atoms with Gasteiger partial charge in [0.05, 0.1) is 17.6 Å². The van der Waals surface area contributed by atoms with Crippen LogP contribution in [0.3, 0.4) is 0 Å². The van der Waals surface area contributed by atoms with Gasteiger partial charge in [0.25, 0.3) is 11.6 Å². The Hall–Kier alpha value is -2.89. The van der Waals surface area contributed by atoms with E-state index in [1.165, 1.54) is 12.1 Å². The molecular weight excluding hydrogens is 284 g/mol. The minimum atomic E-state index is -0.549. The molecule has 0 radical (unpaired) electrons. The summed E-state index contributed by atoms with van der Waals surface area (Å²) in [6.07, 6.45) is 0.628. The maximum Gasteiger partial charge on any atom is 0.282 e. The average Bonchev–Trinajstić information content (AvgIpc) is 2.55. The van der Waals surface area contributed by atoms with Gasteiger partial charge in [0, 0.05) is 18.1 Å². The predicted molar refractivity (Wildman–Crippen MR) is 79.9 cm³/mol. The van der Waals surface area contributed by atoms with E-state index in [9.17, 15) is 14.9 Å². The summed E-state index contributed by atoms with van der Waals surface area (Å²) in [6, 6.07) is 13.2. The molecule has 22 heavy (non-hydrogen) atoms. The Labute approximate surface area is 126 Å². The highest BCUT2D eigenvalue weighted by molar-refractivity contribution is 5.98. The second-order valence-corrected chi connectivity index (χ2v) is 4.98. The Morgan fingerprint density at radius 2 is 1.91 bits per heavy atom. The lowest BCUT2D eigenvalue weighted by atomic mass is 10.00. The number of nitro benzene ring substituents is 1. The van der Waals surface area contributed by atoms with Gasteiger partial charge in [-0.25, -0.2) is 0 Å². The zero-order valence-electron chi connectivity index (χ0n) is 11.7. The number of rotatable bonds is 3. The molecule has 1 aliphatic heterocycles. The van der Waals surface area contributed by atoms with E-state index < -0.39 is 10.8 Å². The van der Waals surface area contributed by atoms with Crippen LogP contribution in [-0.2, 0) is 0 Å². The number of ether oxygens (including phenoxy) is 1. The summed E-state index contributed by atoms with van der Waals surface area (Å²) < 4.78 is 5.54. The van der Waals surface area contributed by atoms with Gasteiger partial charge in [-0.05, 0) is 12.1 Å². The number of carbonyl (C=O) groups excluding carboxylic acids is 1. The smallest absolute Gasteiger partial charge is 0.282 e. The molecule has 1 amide bonds. The van der Waals surface area contributed by atoms with E-state index in [-0.39, 0.29) is 17.3 Å². The Balaban J connectivity index is 1.86. The number of amides is 1. The third-order valence-electron chi connectivity index (χ3n) is 3.61. The molecule has 1 aliphatic rings. The number of hydrogen-bond acceptors (Lipinski definition) is 4. The molecule has 0 spiro atoms. The van der Waals surface area contributed by atoms with Crippen LogP contribution < -0.4 is 10.1 Å². The first-order valence-corrected chi connectivity index (χ1v) is 6.93. The summed E-state index contributed by atoms with van der Waals surface area (Å²) in [7, 11) is 0. The Bertz CT molecular complexity index is 730. The summed E-state index contributed by atoms with van der Waals surface area (Å²) in [5.41, 5.74) is 0.762. The maximum atomic E-state index is 12.4. The lowest BCUT2D eigenvalue weighted by Gasteiger charge is -2.26. The van der Waals surface area contributed by atoms with Crippen molar-refractivity contribution in [3.8, 4) is 5.75 Å². The molecule has 0 bridgehead atoms. The van der Waals surface area contributed by atoms with Crippen molar-refractivity contribution in [2.75, 3.05) is 6.61 Å². The van der Waals surface area contributed by atoms with Crippen molar-refractivity contribution in [3.63, 3.8) is 0 Å². The van der Waals surface area contributed by atoms with Crippen molar-refractivity contribution in [2.45, 2.75) is 12.5 Å². The number of para-hydroxylation sites is 2. The van der Waals surface area contributed by atoms with Crippen molar-refractivity contribution >= 4 is 11.6 Å². The Morgan fingerprint density at radius 3 is 2.73 bits per heavy atom. The Morgan fingerprint density at radius 1 is 1.18 bits per heavy atom. The van der Waals surface area contributed by atoms with Crippen molar-refractivity contribution in [2.24, 2.45) is 0 Å². The molecule has 6 heteroatoms. The van der Waals surface area contributed by atoms with Gasteiger partial charge in [0.2, 0.25) is 0 Å². The van der Waals surface area contributed by atoms with Crippen molar-refractivity contribution < 1.29 is 14.5 Å². The average molecular weight is 298 g/mol. The third kappa shape index (κ3) is 2.63. The quantitative estimate of drug-likeness (QED) is 0.698. The fourth-order valence-corrected chi connectivity index (χ4v) is 2.55. The molecule has 0 unspecified atom stereocenters. The number of nitrogens with zero attached hydrogens (tertiary/aromatic N) is 1. The minimum Gasteiger partial charge on any atom is -0.493 e. The molecule has 2 aromatic carbocycles. The molecule has 3 rings (SSSR count).